The molecule has 0 spiro atoms. The summed E-state index contributed by atoms with van der Waals surface area (Å²) in [6.07, 6.45) is 1.56. The fourth-order valence-electron chi connectivity index (χ4n) is 1.04. The first-order valence-corrected chi connectivity index (χ1v) is 5.62. The summed E-state index contributed by atoms with van der Waals surface area (Å²) in [5, 5.41) is 3.19. The minimum atomic E-state index is 0.232. The minimum absolute atomic E-state index is 0.232. The van der Waals surface area contributed by atoms with Crippen LogP contribution in [-0.2, 0) is 0 Å². The van der Waals surface area contributed by atoms with Crippen molar-refractivity contribution in [1.82, 2.24) is 0 Å². The zero-order chi connectivity index (χ0) is 12.0. The average molecular weight is 258 g/mol. The topological polar surface area (TPSA) is 50.4 Å². The van der Waals surface area contributed by atoms with Crippen LogP contribution < -0.4 is 11.1 Å². The zero-order valence-corrected chi connectivity index (χ0v) is 10.4. The van der Waals surface area contributed by atoms with E-state index in [4.69, 9.17) is 28.9 Å². The summed E-state index contributed by atoms with van der Waals surface area (Å²) in [4.78, 5) is 3.91. The predicted octanol–water partition coefficient (Wildman–Crippen LogP) is 3.04. The Hall–Kier alpha value is -1.19. The van der Waals surface area contributed by atoms with Gasteiger partial charge in [0.05, 0.1) is 0 Å². The summed E-state index contributed by atoms with van der Waals surface area (Å²) in [6, 6.07) is 7.78. The molecule has 86 valence electrons. The number of nitrogens with zero attached hydrogens (tertiary/aromatic N) is 1. The van der Waals surface area contributed by atoms with E-state index in [1.807, 2.05) is 31.2 Å². The molecule has 0 saturated heterocycles. The molecule has 5 heteroatoms. The summed E-state index contributed by atoms with van der Waals surface area (Å²) in [5.41, 5.74) is 7.69. The van der Waals surface area contributed by atoms with E-state index in [2.05, 4.69) is 10.3 Å². The molecule has 0 aliphatic carbocycles. The maximum absolute atomic E-state index is 5.74. The maximum Gasteiger partial charge on any atom is 0.199 e. The van der Waals surface area contributed by atoms with Gasteiger partial charge in [0.25, 0.3) is 0 Å². The molecule has 1 aromatic rings. The van der Waals surface area contributed by atoms with Gasteiger partial charge in [-0.25, -0.2) is 4.99 Å². The Morgan fingerprint density at radius 3 is 2.62 bits per heavy atom. The van der Waals surface area contributed by atoms with Gasteiger partial charge in [0.2, 0.25) is 0 Å². The Labute approximate surface area is 105 Å². The molecule has 0 aliphatic heterocycles. The van der Waals surface area contributed by atoms with Gasteiger partial charge >= 0.3 is 0 Å². The molecule has 16 heavy (non-hydrogen) atoms. The van der Waals surface area contributed by atoms with E-state index in [9.17, 15) is 0 Å². The fraction of sp³-hybridized carbons (Fsp3) is 0.182. The summed E-state index contributed by atoms with van der Waals surface area (Å²) in [5.74, 6) is 0.537. The smallest absolute Gasteiger partial charge is 0.199 e. The van der Waals surface area contributed by atoms with Crippen molar-refractivity contribution in [2.75, 3.05) is 11.2 Å². The Balaban J connectivity index is 2.67. The SMILES string of the molecule is Cc1ccc(NC(N)=NC(Cl)=CCCl)cc1. The molecule has 0 fully saturated rings. The van der Waals surface area contributed by atoms with Crippen LogP contribution in [-0.4, -0.2) is 11.8 Å². The molecule has 0 amide bonds. The van der Waals surface area contributed by atoms with Crippen molar-refractivity contribution in [3.8, 4) is 0 Å². The minimum Gasteiger partial charge on any atom is -0.369 e. The van der Waals surface area contributed by atoms with Gasteiger partial charge < -0.3 is 11.1 Å². The van der Waals surface area contributed by atoms with Gasteiger partial charge in [0, 0.05) is 11.6 Å². The highest BCUT2D eigenvalue weighted by atomic mass is 35.5. The monoisotopic (exact) mass is 257 g/mol. The summed E-state index contributed by atoms with van der Waals surface area (Å²) in [7, 11) is 0. The predicted molar refractivity (Wildman–Crippen MR) is 71.1 cm³/mol. The Bertz CT molecular complexity index is 396. The first-order valence-electron chi connectivity index (χ1n) is 4.71. The lowest BCUT2D eigenvalue weighted by molar-refractivity contribution is 1.40. The number of anilines is 1. The van der Waals surface area contributed by atoms with E-state index < -0.39 is 0 Å². The summed E-state index contributed by atoms with van der Waals surface area (Å²) >= 11 is 11.2. The molecule has 0 atom stereocenters. The molecule has 3 N–H and O–H groups in total. The quantitative estimate of drug-likeness (QED) is 0.379. The summed E-state index contributed by atoms with van der Waals surface area (Å²) in [6.45, 7) is 2.02. The van der Waals surface area contributed by atoms with Crippen molar-refractivity contribution in [3.63, 3.8) is 0 Å². The molecule has 0 saturated carbocycles. The highest BCUT2D eigenvalue weighted by Gasteiger charge is 1.95. The third kappa shape index (κ3) is 4.55. The lowest BCUT2D eigenvalue weighted by Crippen LogP contribution is -2.22. The van der Waals surface area contributed by atoms with Gasteiger partial charge in [-0.15, -0.1) is 11.6 Å². The van der Waals surface area contributed by atoms with Gasteiger partial charge in [-0.1, -0.05) is 29.3 Å². The molecule has 1 aromatic carbocycles. The number of aryl methyl sites for hydroxylation is 1. The van der Waals surface area contributed by atoms with Crippen LogP contribution in [0.5, 0.6) is 0 Å². The van der Waals surface area contributed by atoms with Crippen molar-refractivity contribution >= 4 is 34.8 Å². The molecule has 0 heterocycles. The van der Waals surface area contributed by atoms with E-state index in [0.717, 1.165) is 5.69 Å². The number of allylic oxidation sites excluding steroid dienone is 1. The zero-order valence-electron chi connectivity index (χ0n) is 8.87. The van der Waals surface area contributed by atoms with E-state index in [0.29, 0.717) is 5.88 Å². The molecule has 0 aromatic heterocycles. The second kappa shape index (κ2) is 6.40. The van der Waals surface area contributed by atoms with E-state index in [1.165, 1.54) is 5.56 Å². The number of alkyl halides is 1. The third-order valence-electron chi connectivity index (χ3n) is 1.80. The van der Waals surface area contributed by atoms with Gasteiger partial charge in [-0.3, -0.25) is 0 Å². The van der Waals surface area contributed by atoms with Crippen molar-refractivity contribution in [2.24, 2.45) is 10.7 Å². The average Bonchev–Trinajstić information content (AvgIpc) is 2.21. The molecule has 0 unspecified atom stereocenters. The van der Waals surface area contributed by atoms with Gasteiger partial charge in [-0.2, -0.15) is 0 Å². The van der Waals surface area contributed by atoms with E-state index >= 15 is 0 Å². The number of hydrogen-bond donors (Lipinski definition) is 2. The van der Waals surface area contributed by atoms with Gasteiger partial charge in [0.1, 0.15) is 5.16 Å². The van der Waals surface area contributed by atoms with Crippen molar-refractivity contribution < 1.29 is 0 Å². The number of hydrogen-bond acceptors (Lipinski definition) is 1. The van der Waals surface area contributed by atoms with Crippen LogP contribution in [0.15, 0.2) is 40.5 Å². The van der Waals surface area contributed by atoms with Crippen LogP contribution in [0.2, 0.25) is 0 Å². The van der Waals surface area contributed by atoms with Crippen molar-refractivity contribution in [3.05, 3.63) is 41.1 Å². The van der Waals surface area contributed by atoms with Crippen LogP contribution in [0.3, 0.4) is 0 Å². The number of halogens is 2. The molecule has 0 aliphatic rings. The lowest BCUT2D eigenvalue weighted by Gasteiger charge is -2.05. The second-order valence-electron chi connectivity index (χ2n) is 3.17. The standard InChI is InChI=1S/C11H13Cl2N3/c1-8-2-4-9(5-3-8)15-11(14)16-10(13)6-7-12/h2-6H,7H2,1H3,(H3,14,15,16). The van der Waals surface area contributed by atoms with Crippen molar-refractivity contribution in [2.45, 2.75) is 6.92 Å². The first kappa shape index (κ1) is 12.9. The molecule has 0 bridgehead atoms. The maximum atomic E-state index is 5.74. The number of aliphatic imine (C=N–C) groups is 1. The molecule has 3 nitrogen and oxygen atoms in total. The number of benzene rings is 1. The van der Waals surface area contributed by atoms with Crippen molar-refractivity contribution in [1.29, 1.82) is 0 Å². The van der Waals surface area contributed by atoms with Crippen LogP contribution in [0.25, 0.3) is 0 Å². The number of nitrogens with two attached hydrogens (primary N) is 1. The fourth-order valence-corrected chi connectivity index (χ4v) is 1.43. The van der Waals surface area contributed by atoms with Gasteiger partial charge in [0.15, 0.2) is 5.96 Å². The first-order chi connectivity index (χ1) is 7.61. The van der Waals surface area contributed by atoms with Crippen LogP contribution in [0, 0.1) is 6.92 Å². The number of nitrogens with one attached hydrogen (secondary N) is 1. The highest BCUT2D eigenvalue weighted by molar-refractivity contribution is 6.30. The van der Waals surface area contributed by atoms with E-state index in [-0.39, 0.29) is 11.1 Å². The Kier molecular flexibility index (Phi) is 5.15. The molecule has 1 rings (SSSR count). The lowest BCUT2D eigenvalue weighted by atomic mass is 10.2. The Morgan fingerprint density at radius 1 is 1.44 bits per heavy atom. The van der Waals surface area contributed by atoms with E-state index in [1.54, 1.807) is 6.08 Å². The number of guanidine groups is 1. The normalized spacial score (nSPS) is 12.7. The summed E-state index contributed by atoms with van der Waals surface area (Å²) < 4.78 is 0. The molecule has 0 radical (unpaired) electrons. The van der Waals surface area contributed by atoms with Crippen LogP contribution in [0.4, 0.5) is 5.69 Å². The highest BCUT2D eigenvalue weighted by Crippen LogP contribution is 2.09. The molecular formula is C11H13Cl2N3. The van der Waals surface area contributed by atoms with Crippen LogP contribution in [0.1, 0.15) is 5.56 Å². The third-order valence-corrected chi connectivity index (χ3v) is 2.19. The molecular weight excluding hydrogens is 245 g/mol. The largest absolute Gasteiger partial charge is 0.369 e. The second-order valence-corrected chi connectivity index (χ2v) is 3.87. The van der Waals surface area contributed by atoms with Crippen LogP contribution >= 0.6 is 23.2 Å². The van der Waals surface area contributed by atoms with Gasteiger partial charge in [-0.05, 0) is 25.1 Å². The Morgan fingerprint density at radius 2 is 2.06 bits per heavy atom. The number of rotatable bonds is 3.